The molecular weight excluding hydrogens is 192 g/mol. The van der Waals surface area contributed by atoms with Crippen LogP contribution in [-0.2, 0) is 6.42 Å². The molecule has 2 atom stereocenters. The highest BCUT2D eigenvalue weighted by Crippen LogP contribution is 2.48. The average Bonchev–Trinajstić information content (AvgIpc) is 2.67. The molecule has 84 valence electrons. The molecule has 0 heteroatoms. The van der Waals surface area contributed by atoms with Gasteiger partial charge in [0.25, 0.3) is 0 Å². The maximum atomic E-state index is 4.12. The summed E-state index contributed by atoms with van der Waals surface area (Å²) in [5, 5.41) is 0. The van der Waals surface area contributed by atoms with Gasteiger partial charge in [-0.3, -0.25) is 0 Å². The highest BCUT2D eigenvalue weighted by atomic mass is 14.4. The highest BCUT2D eigenvalue weighted by molar-refractivity contribution is 5.67. The van der Waals surface area contributed by atoms with Gasteiger partial charge in [-0.1, -0.05) is 43.2 Å². The Hall–Kier alpha value is -1.04. The van der Waals surface area contributed by atoms with Crippen LogP contribution in [0.15, 0.2) is 24.8 Å². The highest BCUT2D eigenvalue weighted by Gasteiger charge is 2.34. The summed E-state index contributed by atoms with van der Waals surface area (Å²) in [5.74, 6) is 1.80. The molecule has 1 aromatic rings. The molecule has 0 N–H and O–H groups in total. The van der Waals surface area contributed by atoms with Crippen molar-refractivity contribution >= 4 is 5.57 Å². The molecule has 0 saturated heterocycles. The molecule has 16 heavy (non-hydrogen) atoms. The van der Waals surface area contributed by atoms with Crippen LogP contribution in [0.25, 0.3) is 5.57 Å². The molecule has 0 radical (unpaired) electrons. The predicted octanol–water partition coefficient (Wildman–Crippen LogP) is 4.55. The Labute approximate surface area is 98.4 Å². The summed E-state index contributed by atoms with van der Waals surface area (Å²) in [5.41, 5.74) is 5.92. The molecule has 0 aromatic heterocycles. The van der Waals surface area contributed by atoms with Gasteiger partial charge in [-0.25, -0.2) is 0 Å². The zero-order valence-electron chi connectivity index (χ0n) is 10.1. The first-order valence-corrected chi connectivity index (χ1v) is 6.55. The maximum Gasteiger partial charge on any atom is -0.0127 e. The quantitative estimate of drug-likeness (QED) is 0.640. The Bertz CT molecular complexity index is 428. The molecule has 1 aromatic carbocycles. The van der Waals surface area contributed by atoms with Crippen molar-refractivity contribution in [3.63, 3.8) is 0 Å². The molecule has 0 heterocycles. The summed E-state index contributed by atoms with van der Waals surface area (Å²) in [6.45, 7) is 6.26. The molecule has 2 unspecified atom stereocenters. The van der Waals surface area contributed by atoms with E-state index in [-0.39, 0.29) is 0 Å². The Kier molecular flexibility index (Phi) is 2.38. The van der Waals surface area contributed by atoms with Gasteiger partial charge in [0.15, 0.2) is 0 Å². The van der Waals surface area contributed by atoms with Gasteiger partial charge in [-0.2, -0.15) is 0 Å². The van der Waals surface area contributed by atoms with Crippen molar-refractivity contribution in [1.82, 2.24) is 0 Å². The SMILES string of the molecule is C=C(C)c1cccc2c1CC1CCCCC21. The van der Waals surface area contributed by atoms with Crippen LogP contribution < -0.4 is 0 Å². The van der Waals surface area contributed by atoms with Crippen molar-refractivity contribution in [2.75, 3.05) is 0 Å². The molecule has 1 fully saturated rings. The lowest BCUT2D eigenvalue weighted by atomic mass is 9.80. The molecule has 0 spiro atoms. The third kappa shape index (κ3) is 1.43. The van der Waals surface area contributed by atoms with Gasteiger partial charge < -0.3 is 0 Å². The van der Waals surface area contributed by atoms with Crippen LogP contribution in [-0.4, -0.2) is 0 Å². The van der Waals surface area contributed by atoms with Crippen molar-refractivity contribution < 1.29 is 0 Å². The van der Waals surface area contributed by atoms with E-state index in [4.69, 9.17) is 0 Å². The summed E-state index contributed by atoms with van der Waals surface area (Å²) in [4.78, 5) is 0. The molecular formula is C16H20. The molecule has 1 saturated carbocycles. The van der Waals surface area contributed by atoms with E-state index in [0.717, 1.165) is 11.8 Å². The van der Waals surface area contributed by atoms with Crippen molar-refractivity contribution in [1.29, 1.82) is 0 Å². The second-order valence-corrected chi connectivity index (χ2v) is 5.51. The predicted molar refractivity (Wildman–Crippen MR) is 69.6 cm³/mol. The van der Waals surface area contributed by atoms with Crippen LogP contribution in [0.1, 0.15) is 55.2 Å². The van der Waals surface area contributed by atoms with E-state index in [1.165, 1.54) is 43.2 Å². The molecule has 0 amide bonds. The van der Waals surface area contributed by atoms with Crippen LogP contribution in [0.4, 0.5) is 0 Å². The third-order valence-electron chi connectivity index (χ3n) is 4.45. The smallest absolute Gasteiger partial charge is 0.0127 e. The zero-order valence-corrected chi connectivity index (χ0v) is 10.1. The second kappa shape index (κ2) is 3.76. The number of allylic oxidation sites excluding steroid dienone is 1. The number of benzene rings is 1. The Balaban J connectivity index is 2.07. The lowest BCUT2D eigenvalue weighted by molar-refractivity contribution is 0.330. The van der Waals surface area contributed by atoms with E-state index in [0.29, 0.717) is 0 Å². The summed E-state index contributed by atoms with van der Waals surface area (Å²) >= 11 is 0. The van der Waals surface area contributed by atoms with Crippen LogP contribution in [0, 0.1) is 5.92 Å². The minimum absolute atomic E-state index is 0.864. The van der Waals surface area contributed by atoms with Gasteiger partial charge in [-0.05, 0) is 54.7 Å². The van der Waals surface area contributed by atoms with E-state index in [9.17, 15) is 0 Å². The van der Waals surface area contributed by atoms with Crippen molar-refractivity contribution in [2.45, 2.75) is 44.9 Å². The Morgan fingerprint density at radius 1 is 1.25 bits per heavy atom. The van der Waals surface area contributed by atoms with Crippen LogP contribution in [0.5, 0.6) is 0 Å². The molecule has 2 aliphatic carbocycles. The summed E-state index contributed by atoms with van der Waals surface area (Å²) in [7, 11) is 0. The Morgan fingerprint density at radius 3 is 2.88 bits per heavy atom. The number of hydrogen-bond acceptors (Lipinski definition) is 0. The van der Waals surface area contributed by atoms with Crippen molar-refractivity contribution in [3.8, 4) is 0 Å². The monoisotopic (exact) mass is 212 g/mol. The first-order valence-electron chi connectivity index (χ1n) is 6.55. The van der Waals surface area contributed by atoms with E-state index in [1.54, 1.807) is 11.1 Å². The first kappa shape index (κ1) is 10.1. The van der Waals surface area contributed by atoms with E-state index < -0.39 is 0 Å². The van der Waals surface area contributed by atoms with Crippen LogP contribution in [0.3, 0.4) is 0 Å². The standard InChI is InChI=1S/C16H20/c1-11(2)13-8-5-9-15-14-7-4-3-6-12(14)10-16(13)15/h5,8-9,12,14H,1,3-4,6-7,10H2,2H3. The van der Waals surface area contributed by atoms with Gasteiger partial charge in [-0.15, -0.1) is 0 Å². The minimum Gasteiger partial charge on any atom is -0.0955 e. The van der Waals surface area contributed by atoms with E-state index in [2.05, 4.69) is 31.7 Å². The normalized spacial score (nSPS) is 27.3. The van der Waals surface area contributed by atoms with Crippen molar-refractivity contribution in [2.24, 2.45) is 5.92 Å². The van der Waals surface area contributed by atoms with Gasteiger partial charge in [0.1, 0.15) is 0 Å². The number of rotatable bonds is 1. The molecule has 0 bridgehead atoms. The number of fused-ring (bicyclic) bond motifs is 3. The molecule has 0 aliphatic heterocycles. The fourth-order valence-corrected chi connectivity index (χ4v) is 3.70. The first-order chi connectivity index (χ1) is 7.77. The summed E-state index contributed by atoms with van der Waals surface area (Å²) in [6.07, 6.45) is 7.03. The molecule has 2 aliphatic rings. The largest absolute Gasteiger partial charge is 0.0955 e. The van der Waals surface area contributed by atoms with Crippen molar-refractivity contribution in [3.05, 3.63) is 41.5 Å². The maximum absolute atomic E-state index is 4.12. The van der Waals surface area contributed by atoms with E-state index >= 15 is 0 Å². The minimum atomic E-state index is 0.864. The third-order valence-corrected chi connectivity index (χ3v) is 4.45. The lowest BCUT2D eigenvalue weighted by Gasteiger charge is -2.25. The fraction of sp³-hybridized carbons (Fsp3) is 0.500. The van der Waals surface area contributed by atoms with Gasteiger partial charge in [0.2, 0.25) is 0 Å². The molecule has 0 nitrogen and oxygen atoms in total. The second-order valence-electron chi connectivity index (χ2n) is 5.51. The zero-order chi connectivity index (χ0) is 11.1. The van der Waals surface area contributed by atoms with Gasteiger partial charge >= 0.3 is 0 Å². The van der Waals surface area contributed by atoms with Gasteiger partial charge in [0.05, 0.1) is 0 Å². The van der Waals surface area contributed by atoms with Gasteiger partial charge in [0, 0.05) is 0 Å². The Morgan fingerprint density at radius 2 is 2.06 bits per heavy atom. The molecule has 3 rings (SSSR count). The lowest BCUT2D eigenvalue weighted by Crippen LogP contribution is -2.12. The average molecular weight is 212 g/mol. The summed E-state index contributed by atoms with van der Waals surface area (Å²) < 4.78 is 0. The van der Waals surface area contributed by atoms with Crippen LogP contribution in [0.2, 0.25) is 0 Å². The topological polar surface area (TPSA) is 0 Å². The van der Waals surface area contributed by atoms with E-state index in [1.807, 2.05) is 0 Å². The fourth-order valence-electron chi connectivity index (χ4n) is 3.70. The number of hydrogen-bond donors (Lipinski definition) is 0. The van der Waals surface area contributed by atoms with Crippen LogP contribution >= 0.6 is 0 Å². The summed E-state index contributed by atoms with van der Waals surface area (Å²) in [6, 6.07) is 6.83.